The Bertz CT molecular complexity index is 462. The summed E-state index contributed by atoms with van der Waals surface area (Å²) >= 11 is 0. The van der Waals surface area contributed by atoms with E-state index in [-0.39, 0.29) is 0 Å². The van der Waals surface area contributed by atoms with Gasteiger partial charge in [-0.05, 0) is 42.5 Å². The Hall–Kier alpha value is -1.84. The van der Waals surface area contributed by atoms with Gasteiger partial charge >= 0.3 is 0 Å². The lowest BCUT2D eigenvalue weighted by molar-refractivity contribution is 0.0987. The van der Waals surface area contributed by atoms with Gasteiger partial charge in [0.1, 0.15) is 0 Å². The summed E-state index contributed by atoms with van der Waals surface area (Å²) in [5, 5.41) is 0. The summed E-state index contributed by atoms with van der Waals surface area (Å²) in [7, 11) is 0. The summed E-state index contributed by atoms with van der Waals surface area (Å²) in [4.78, 5) is 22.5. The number of rotatable bonds is 3. The zero-order valence-electron chi connectivity index (χ0n) is 9.61. The topological polar surface area (TPSA) is 86.2 Å². The SMILES string of the molecule is NC(=O)c1ccc(C(N)=O)c(C2CCCC2)c1. The van der Waals surface area contributed by atoms with E-state index in [0.29, 0.717) is 17.0 Å². The molecule has 90 valence electrons. The lowest BCUT2D eigenvalue weighted by Crippen LogP contribution is -2.17. The average Bonchev–Trinajstić information content (AvgIpc) is 2.81. The van der Waals surface area contributed by atoms with Crippen LogP contribution in [-0.2, 0) is 0 Å². The van der Waals surface area contributed by atoms with E-state index in [9.17, 15) is 9.59 Å². The minimum Gasteiger partial charge on any atom is -0.366 e. The Morgan fingerprint density at radius 3 is 2.24 bits per heavy atom. The van der Waals surface area contributed by atoms with Gasteiger partial charge in [0, 0.05) is 11.1 Å². The molecule has 4 nitrogen and oxygen atoms in total. The molecular formula is C13H16N2O2. The zero-order valence-corrected chi connectivity index (χ0v) is 9.61. The highest BCUT2D eigenvalue weighted by molar-refractivity contribution is 5.98. The van der Waals surface area contributed by atoms with Gasteiger partial charge < -0.3 is 11.5 Å². The second kappa shape index (κ2) is 4.57. The van der Waals surface area contributed by atoms with Gasteiger partial charge in [-0.3, -0.25) is 9.59 Å². The van der Waals surface area contributed by atoms with Gasteiger partial charge in [-0.15, -0.1) is 0 Å². The first kappa shape index (κ1) is 11.6. The normalized spacial score (nSPS) is 16.0. The fraction of sp³-hybridized carbons (Fsp3) is 0.385. The molecule has 0 saturated heterocycles. The number of benzene rings is 1. The first-order valence-corrected chi connectivity index (χ1v) is 5.83. The molecule has 1 fully saturated rings. The van der Waals surface area contributed by atoms with Gasteiger partial charge in [0.15, 0.2) is 0 Å². The molecule has 4 N–H and O–H groups in total. The number of hydrogen-bond acceptors (Lipinski definition) is 2. The van der Waals surface area contributed by atoms with E-state index in [1.165, 1.54) is 0 Å². The number of carbonyl (C=O) groups is 2. The fourth-order valence-electron chi connectivity index (χ4n) is 2.51. The third-order valence-corrected chi connectivity index (χ3v) is 3.40. The smallest absolute Gasteiger partial charge is 0.248 e. The van der Waals surface area contributed by atoms with E-state index in [0.717, 1.165) is 31.2 Å². The first-order chi connectivity index (χ1) is 8.09. The summed E-state index contributed by atoms with van der Waals surface area (Å²) in [5.41, 5.74) is 12.4. The Labute approximate surface area is 100.0 Å². The molecule has 17 heavy (non-hydrogen) atoms. The van der Waals surface area contributed by atoms with E-state index >= 15 is 0 Å². The summed E-state index contributed by atoms with van der Waals surface area (Å²) in [6, 6.07) is 4.88. The third kappa shape index (κ3) is 2.30. The molecule has 1 saturated carbocycles. The van der Waals surface area contributed by atoms with Crippen molar-refractivity contribution in [2.45, 2.75) is 31.6 Å². The van der Waals surface area contributed by atoms with E-state index in [4.69, 9.17) is 11.5 Å². The van der Waals surface area contributed by atoms with Crippen molar-refractivity contribution >= 4 is 11.8 Å². The van der Waals surface area contributed by atoms with Crippen molar-refractivity contribution in [3.8, 4) is 0 Å². The summed E-state index contributed by atoms with van der Waals surface area (Å²) in [6.07, 6.45) is 4.40. The maximum Gasteiger partial charge on any atom is 0.248 e. The van der Waals surface area contributed by atoms with E-state index < -0.39 is 11.8 Å². The number of primary amides is 2. The molecule has 0 spiro atoms. The molecule has 0 atom stereocenters. The number of amides is 2. The van der Waals surface area contributed by atoms with Crippen molar-refractivity contribution in [1.82, 2.24) is 0 Å². The molecule has 0 heterocycles. The van der Waals surface area contributed by atoms with Crippen LogP contribution in [0.2, 0.25) is 0 Å². The highest BCUT2D eigenvalue weighted by atomic mass is 16.1. The van der Waals surface area contributed by atoms with Crippen LogP contribution in [0.1, 0.15) is 57.9 Å². The van der Waals surface area contributed by atoms with Gasteiger partial charge in [0.25, 0.3) is 0 Å². The second-order valence-corrected chi connectivity index (χ2v) is 4.51. The summed E-state index contributed by atoms with van der Waals surface area (Å²) in [5.74, 6) is -0.583. The Balaban J connectivity index is 2.46. The van der Waals surface area contributed by atoms with Crippen molar-refractivity contribution in [3.05, 3.63) is 34.9 Å². The van der Waals surface area contributed by atoms with Crippen molar-refractivity contribution in [2.75, 3.05) is 0 Å². The molecule has 0 aromatic heterocycles. The van der Waals surface area contributed by atoms with Crippen LogP contribution in [0.5, 0.6) is 0 Å². The third-order valence-electron chi connectivity index (χ3n) is 3.40. The molecule has 2 rings (SSSR count). The van der Waals surface area contributed by atoms with Crippen LogP contribution in [0.15, 0.2) is 18.2 Å². The molecule has 1 aromatic carbocycles. The average molecular weight is 232 g/mol. The fourth-order valence-corrected chi connectivity index (χ4v) is 2.51. The molecule has 1 aromatic rings. The molecule has 1 aliphatic rings. The van der Waals surface area contributed by atoms with Crippen LogP contribution in [-0.4, -0.2) is 11.8 Å². The van der Waals surface area contributed by atoms with Crippen molar-refractivity contribution < 1.29 is 9.59 Å². The van der Waals surface area contributed by atoms with E-state index in [1.54, 1.807) is 18.2 Å². The molecule has 0 aliphatic heterocycles. The maximum absolute atomic E-state index is 11.4. The van der Waals surface area contributed by atoms with Crippen LogP contribution < -0.4 is 11.5 Å². The van der Waals surface area contributed by atoms with Crippen LogP contribution in [0.4, 0.5) is 0 Å². The standard InChI is InChI=1S/C13H16N2O2/c14-12(16)9-5-6-10(13(15)17)11(7-9)8-3-1-2-4-8/h5-8H,1-4H2,(H2,14,16)(H2,15,17). The van der Waals surface area contributed by atoms with Crippen molar-refractivity contribution in [3.63, 3.8) is 0 Å². The minimum absolute atomic E-state index is 0.330. The number of carbonyl (C=O) groups excluding carboxylic acids is 2. The van der Waals surface area contributed by atoms with Gasteiger partial charge in [-0.2, -0.15) is 0 Å². The highest BCUT2D eigenvalue weighted by Crippen LogP contribution is 2.36. The van der Waals surface area contributed by atoms with Crippen LogP contribution in [0, 0.1) is 0 Å². The minimum atomic E-state index is -0.472. The van der Waals surface area contributed by atoms with Crippen LogP contribution in [0.25, 0.3) is 0 Å². The molecule has 0 bridgehead atoms. The Kier molecular flexibility index (Phi) is 3.13. The van der Waals surface area contributed by atoms with Gasteiger partial charge in [-0.1, -0.05) is 12.8 Å². The predicted molar refractivity (Wildman–Crippen MR) is 64.7 cm³/mol. The highest BCUT2D eigenvalue weighted by Gasteiger charge is 2.22. The van der Waals surface area contributed by atoms with Gasteiger partial charge in [0.2, 0.25) is 11.8 Å². The van der Waals surface area contributed by atoms with Crippen LogP contribution >= 0.6 is 0 Å². The van der Waals surface area contributed by atoms with Crippen molar-refractivity contribution in [1.29, 1.82) is 0 Å². The lowest BCUT2D eigenvalue weighted by atomic mass is 9.91. The summed E-state index contributed by atoms with van der Waals surface area (Å²) < 4.78 is 0. The maximum atomic E-state index is 11.4. The number of nitrogens with two attached hydrogens (primary N) is 2. The largest absolute Gasteiger partial charge is 0.366 e. The zero-order chi connectivity index (χ0) is 12.4. The Morgan fingerprint density at radius 1 is 1.06 bits per heavy atom. The van der Waals surface area contributed by atoms with Crippen LogP contribution in [0.3, 0.4) is 0 Å². The Morgan fingerprint density at radius 2 is 1.71 bits per heavy atom. The molecule has 1 aliphatic carbocycles. The quantitative estimate of drug-likeness (QED) is 0.828. The second-order valence-electron chi connectivity index (χ2n) is 4.51. The first-order valence-electron chi connectivity index (χ1n) is 5.83. The molecule has 2 amide bonds. The predicted octanol–water partition coefficient (Wildman–Crippen LogP) is 1.54. The molecule has 0 radical (unpaired) electrons. The van der Waals surface area contributed by atoms with E-state index in [2.05, 4.69) is 0 Å². The summed E-state index contributed by atoms with van der Waals surface area (Å²) in [6.45, 7) is 0. The molecule has 0 unspecified atom stereocenters. The van der Waals surface area contributed by atoms with Crippen molar-refractivity contribution in [2.24, 2.45) is 11.5 Å². The number of hydrogen-bond donors (Lipinski definition) is 2. The lowest BCUT2D eigenvalue weighted by Gasteiger charge is -2.14. The molecule has 4 heteroatoms. The van der Waals surface area contributed by atoms with Gasteiger partial charge in [-0.25, -0.2) is 0 Å². The molecular weight excluding hydrogens is 216 g/mol. The van der Waals surface area contributed by atoms with E-state index in [1.807, 2.05) is 0 Å². The monoisotopic (exact) mass is 232 g/mol. The van der Waals surface area contributed by atoms with Gasteiger partial charge in [0.05, 0.1) is 0 Å².